The Kier molecular flexibility index (Phi) is 4.87. The van der Waals surface area contributed by atoms with Crippen LogP contribution in [-0.4, -0.2) is 27.2 Å². The predicted molar refractivity (Wildman–Crippen MR) is 92.7 cm³/mol. The van der Waals surface area contributed by atoms with Crippen molar-refractivity contribution in [2.45, 2.75) is 13.5 Å². The highest BCUT2D eigenvalue weighted by Gasteiger charge is 2.16. The Hall–Kier alpha value is -2.31. The molecular formula is C16H14Cl2N4O2. The minimum Gasteiger partial charge on any atom is -0.461 e. The van der Waals surface area contributed by atoms with Crippen LogP contribution in [-0.2, 0) is 11.3 Å². The fourth-order valence-corrected chi connectivity index (χ4v) is 2.55. The minimum atomic E-state index is -0.459. The van der Waals surface area contributed by atoms with Gasteiger partial charge in [0.15, 0.2) is 11.3 Å². The predicted octanol–water partition coefficient (Wildman–Crippen LogP) is 3.82. The highest BCUT2D eigenvalue weighted by Crippen LogP contribution is 2.23. The molecule has 1 aromatic carbocycles. The highest BCUT2D eigenvalue weighted by atomic mass is 35.5. The fraction of sp³-hybridized carbons (Fsp3) is 0.188. The number of benzene rings is 1. The molecule has 6 nitrogen and oxygen atoms in total. The van der Waals surface area contributed by atoms with E-state index in [1.807, 2.05) is 6.07 Å². The second kappa shape index (κ2) is 7.07. The van der Waals surface area contributed by atoms with Crippen LogP contribution in [0.25, 0.3) is 5.65 Å². The van der Waals surface area contributed by atoms with Crippen LogP contribution < -0.4 is 5.32 Å². The second-order valence-electron chi connectivity index (χ2n) is 4.95. The molecular weight excluding hydrogens is 351 g/mol. The van der Waals surface area contributed by atoms with Gasteiger partial charge in [-0.25, -0.2) is 14.3 Å². The topological polar surface area (TPSA) is 68.5 Å². The Morgan fingerprint density at radius 2 is 2.12 bits per heavy atom. The van der Waals surface area contributed by atoms with Gasteiger partial charge in [0, 0.05) is 6.54 Å². The molecule has 0 bridgehead atoms. The number of aromatic nitrogens is 3. The first kappa shape index (κ1) is 16.5. The molecule has 8 heteroatoms. The number of imidazole rings is 1. The molecule has 0 saturated carbocycles. The average molecular weight is 365 g/mol. The largest absolute Gasteiger partial charge is 0.461 e. The molecule has 3 aromatic rings. The molecule has 0 amide bonds. The monoisotopic (exact) mass is 364 g/mol. The number of rotatable bonds is 5. The molecule has 0 radical (unpaired) electrons. The maximum atomic E-state index is 11.9. The van der Waals surface area contributed by atoms with Crippen molar-refractivity contribution in [3.8, 4) is 0 Å². The number of hydrogen-bond donors (Lipinski definition) is 1. The Bertz CT molecular complexity index is 895. The maximum Gasteiger partial charge on any atom is 0.358 e. The van der Waals surface area contributed by atoms with E-state index in [1.165, 1.54) is 10.7 Å². The molecule has 2 aromatic heterocycles. The number of esters is 1. The minimum absolute atomic E-state index is 0.282. The lowest BCUT2D eigenvalue weighted by atomic mass is 10.2. The van der Waals surface area contributed by atoms with Gasteiger partial charge >= 0.3 is 5.97 Å². The summed E-state index contributed by atoms with van der Waals surface area (Å²) in [4.78, 5) is 16.2. The lowest BCUT2D eigenvalue weighted by Gasteiger charge is -2.08. The summed E-state index contributed by atoms with van der Waals surface area (Å²) in [6.07, 6.45) is 3.04. The number of nitrogens with zero attached hydrogens (tertiary/aromatic N) is 3. The third-order valence-electron chi connectivity index (χ3n) is 3.35. The van der Waals surface area contributed by atoms with Crippen LogP contribution in [0.3, 0.4) is 0 Å². The standard InChI is InChI=1S/C16H14Cl2N4O2/c1-2-24-16(23)14-9-20-15-13(5-6-21-22(14)15)19-8-10-3-4-11(17)12(18)7-10/h3-7,9,19H,2,8H2,1H3. The molecule has 2 heterocycles. The van der Waals surface area contributed by atoms with Crippen molar-refractivity contribution in [2.24, 2.45) is 0 Å². The van der Waals surface area contributed by atoms with Crippen LogP contribution in [0.15, 0.2) is 36.7 Å². The van der Waals surface area contributed by atoms with E-state index in [0.717, 1.165) is 11.3 Å². The number of ether oxygens (including phenoxy) is 1. The quantitative estimate of drug-likeness (QED) is 0.696. The van der Waals surface area contributed by atoms with E-state index in [9.17, 15) is 4.79 Å². The zero-order chi connectivity index (χ0) is 17.1. The number of carbonyl (C=O) groups is 1. The van der Waals surface area contributed by atoms with E-state index in [2.05, 4.69) is 15.4 Å². The van der Waals surface area contributed by atoms with Crippen LogP contribution in [0.2, 0.25) is 10.0 Å². The van der Waals surface area contributed by atoms with E-state index in [0.29, 0.717) is 28.8 Å². The van der Waals surface area contributed by atoms with Crippen LogP contribution in [0.1, 0.15) is 23.0 Å². The molecule has 0 aliphatic rings. The maximum absolute atomic E-state index is 11.9. The molecule has 0 aliphatic carbocycles. The third kappa shape index (κ3) is 3.29. The Balaban J connectivity index is 1.84. The summed E-state index contributed by atoms with van der Waals surface area (Å²) >= 11 is 11.9. The van der Waals surface area contributed by atoms with Gasteiger partial charge in [0.05, 0.1) is 34.7 Å². The van der Waals surface area contributed by atoms with Crippen molar-refractivity contribution in [1.29, 1.82) is 0 Å². The van der Waals surface area contributed by atoms with Gasteiger partial charge in [-0.3, -0.25) is 0 Å². The van der Waals surface area contributed by atoms with Gasteiger partial charge in [-0.2, -0.15) is 5.10 Å². The average Bonchev–Trinajstić information content (AvgIpc) is 3.01. The van der Waals surface area contributed by atoms with Crippen LogP contribution in [0.4, 0.5) is 5.69 Å². The third-order valence-corrected chi connectivity index (χ3v) is 4.09. The number of fused-ring (bicyclic) bond motifs is 1. The van der Waals surface area contributed by atoms with Gasteiger partial charge in [-0.15, -0.1) is 0 Å². The van der Waals surface area contributed by atoms with Crippen molar-refractivity contribution in [3.63, 3.8) is 0 Å². The Labute approximate surface area is 148 Å². The van der Waals surface area contributed by atoms with E-state index < -0.39 is 5.97 Å². The zero-order valence-electron chi connectivity index (χ0n) is 12.8. The van der Waals surface area contributed by atoms with Crippen LogP contribution in [0.5, 0.6) is 0 Å². The molecule has 0 fully saturated rings. The van der Waals surface area contributed by atoms with Crippen molar-refractivity contribution >= 4 is 40.5 Å². The number of halogens is 2. The molecule has 0 spiro atoms. The number of anilines is 1. The summed E-state index contributed by atoms with van der Waals surface area (Å²) in [5.41, 5.74) is 2.54. The van der Waals surface area contributed by atoms with Gasteiger partial charge in [0.2, 0.25) is 0 Å². The summed E-state index contributed by atoms with van der Waals surface area (Å²) in [6, 6.07) is 7.21. The van der Waals surface area contributed by atoms with Crippen molar-refractivity contribution in [2.75, 3.05) is 11.9 Å². The van der Waals surface area contributed by atoms with Crippen LogP contribution >= 0.6 is 23.2 Å². The first-order chi connectivity index (χ1) is 11.6. The van der Waals surface area contributed by atoms with Crippen molar-refractivity contribution in [1.82, 2.24) is 14.6 Å². The van der Waals surface area contributed by atoms with Gasteiger partial charge in [-0.05, 0) is 30.7 Å². The molecule has 0 unspecified atom stereocenters. The van der Waals surface area contributed by atoms with Gasteiger partial charge in [0.1, 0.15) is 0 Å². The van der Waals surface area contributed by atoms with Crippen LogP contribution in [0, 0.1) is 0 Å². The van der Waals surface area contributed by atoms with Gasteiger partial charge < -0.3 is 10.1 Å². The van der Waals surface area contributed by atoms with E-state index >= 15 is 0 Å². The van der Waals surface area contributed by atoms with Crippen molar-refractivity contribution < 1.29 is 9.53 Å². The van der Waals surface area contributed by atoms with E-state index in [4.69, 9.17) is 27.9 Å². The normalized spacial score (nSPS) is 10.8. The summed E-state index contributed by atoms with van der Waals surface area (Å²) < 4.78 is 6.45. The second-order valence-corrected chi connectivity index (χ2v) is 5.76. The fourth-order valence-electron chi connectivity index (χ4n) is 2.22. The SMILES string of the molecule is CCOC(=O)c1cnc2c(NCc3ccc(Cl)c(Cl)c3)ccnn12. The molecule has 0 saturated heterocycles. The first-order valence-corrected chi connectivity index (χ1v) is 8.03. The smallest absolute Gasteiger partial charge is 0.358 e. The molecule has 1 N–H and O–H groups in total. The first-order valence-electron chi connectivity index (χ1n) is 7.28. The summed E-state index contributed by atoms with van der Waals surface area (Å²) in [5.74, 6) is -0.459. The van der Waals surface area contributed by atoms with E-state index in [1.54, 1.807) is 31.3 Å². The lowest BCUT2D eigenvalue weighted by Crippen LogP contribution is -2.10. The molecule has 3 rings (SSSR count). The van der Waals surface area contributed by atoms with E-state index in [-0.39, 0.29) is 5.69 Å². The molecule has 124 valence electrons. The van der Waals surface area contributed by atoms with Crippen molar-refractivity contribution in [3.05, 3.63) is 58.0 Å². The summed E-state index contributed by atoms with van der Waals surface area (Å²) in [5, 5.41) is 8.43. The Morgan fingerprint density at radius 1 is 1.29 bits per heavy atom. The van der Waals surface area contributed by atoms with Gasteiger partial charge in [-0.1, -0.05) is 29.3 Å². The number of carbonyl (C=O) groups excluding carboxylic acids is 1. The molecule has 0 atom stereocenters. The number of nitrogens with one attached hydrogen (secondary N) is 1. The highest BCUT2D eigenvalue weighted by molar-refractivity contribution is 6.42. The molecule has 24 heavy (non-hydrogen) atoms. The Morgan fingerprint density at radius 3 is 2.88 bits per heavy atom. The zero-order valence-corrected chi connectivity index (χ0v) is 14.3. The summed E-state index contributed by atoms with van der Waals surface area (Å²) in [7, 11) is 0. The van der Waals surface area contributed by atoms with Gasteiger partial charge in [0.25, 0.3) is 0 Å². The summed E-state index contributed by atoms with van der Waals surface area (Å²) in [6.45, 7) is 2.57. The molecule has 0 aliphatic heterocycles. The lowest BCUT2D eigenvalue weighted by molar-refractivity contribution is 0.0516. The number of hydrogen-bond acceptors (Lipinski definition) is 5.